The van der Waals surface area contributed by atoms with Crippen LogP contribution in [0.3, 0.4) is 0 Å². The Morgan fingerprint density at radius 2 is 1.67 bits per heavy atom. The molecule has 4 N–H and O–H groups in total. The molecular formula is C8H15NO6. The minimum Gasteiger partial charge on any atom is -0.481 e. The number of ether oxygens (including phenoxy) is 1. The molecule has 0 fully saturated rings. The summed E-state index contributed by atoms with van der Waals surface area (Å²) in [6.45, 7) is 2.40. The molecule has 0 amide bonds. The van der Waals surface area contributed by atoms with Crippen molar-refractivity contribution in [3.63, 3.8) is 0 Å². The van der Waals surface area contributed by atoms with E-state index in [2.05, 4.69) is 4.74 Å². The van der Waals surface area contributed by atoms with Gasteiger partial charge in [0.05, 0.1) is 6.61 Å². The number of carboxylic acid groups (broad SMARTS) is 2. The van der Waals surface area contributed by atoms with Gasteiger partial charge in [0.15, 0.2) is 0 Å². The third-order valence-corrected chi connectivity index (χ3v) is 1.05. The molecule has 0 heterocycles. The molecule has 0 aromatic heterocycles. The van der Waals surface area contributed by atoms with Crippen molar-refractivity contribution in [2.24, 2.45) is 5.73 Å². The van der Waals surface area contributed by atoms with Crippen LogP contribution in [0.2, 0.25) is 0 Å². The topological polar surface area (TPSA) is 127 Å². The Morgan fingerprint density at radius 1 is 1.27 bits per heavy atom. The summed E-state index contributed by atoms with van der Waals surface area (Å²) in [7, 11) is 0. The fourth-order valence-corrected chi connectivity index (χ4v) is 0.453. The number of aliphatic carboxylic acids is 2. The van der Waals surface area contributed by atoms with Crippen LogP contribution in [0.25, 0.3) is 0 Å². The number of carboxylic acids is 2. The van der Waals surface area contributed by atoms with E-state index in [1.54, 1.807) is 0 Å². The minimum atomic E-state index is -1.09. The van der Waals surface area contributed by atoms with Gasteiger partial charge in [-0.25, -0.2) is 0 Å². The van der Waals surface area contributed by atoms with Gasteiger partial charge in [0.1, 0.15) is 6.04 Å². The van der Waals surface area contributed by atoms with Crippen molar-refractivity contribution in [1.29, 1.82) is 0 Å². The maximum Gasteiger partial charge on any atom is 0.320 e. The molecule has 7 heteroatoms. The number of hydrogen-bond acceptors (Lipinski definition) is 5. The first-order valence-corrected chi connectivity index (χ1v) is 4.08. The largest absolute Gasteiger partial charge is 0.481 e. The van der Waals surface area contributed by atoms with E-state index in [4.69, 9.17) is 20.7 Å². The van der Waals surface area contributed by atoms with E-state index < -0.39 is 23.9 Å². The molecule has 0 radical (unpaired) electrons. The average Bonchev–Trinajstić information content (AvgIpc) is 2.01. The third kappa shape index (κ3) is 19.0. The van der Waals surface area contributed by atoms with Gasteiger partial charge in [-0.1, -0.05) is 0 Å². The van der Waals surface area contributed by atoms with Crippen molar-refractivity contribution < 1.29 is 29.3 Å². The molecular weight excluding hydrogens is 206 g/mol. The monoisotopic (exact) mass is 221 g/mol. The minimum absolute atomic E-state index is 0.0583. The van der Waals surface area contributed by atoms with Crippen LogP contribution in [0.1, 0.15) is 20.3 Å². The van der Waals surface area contributed by atoms with Gasteiger partial charge in [-0.15, -0.1) is 0 Å². The molecule has 88 valence electrons. The highest BCUT2D eigenvalue weighted by atomic mass is 16.5. The molecule has 0 aromatic rings. The number of carbonyl (C=O) groups is 3. The van der Waals surface area contributed by atoms with E-state index in [0.29, 0.717) is 0 Å². The van der Waals surface area contributed by atoms with Crippen LogP contribution in [-0.4, -0.2) is 40.8 Å². The van der Waals surface area contributed by atoms with Gasteiger partial charge in [-0.05, 0) is 0 Å². The van der Waals surface area contributed by atoms with E-state index in [0.717, 1.165) is 6.92 Å². The summed E-state index contributed by atoms with van der Waals surface area (Å²) in [5, 5.41) is 15.7. The number of hydrogen-bond donors (Lipinski definition) is 3. The Labute approximate surface area is 86.8 Å². The van der Waals surface area contributed by atoms with Crippen molar-refractivity contribution in [3.05, 3.63) is 0 Å². The third-order valence-electron chi connectivity index (χ3n) is 1.05. The van der Waals surface area contributed by atoms with Crippen molar-refractivity contribution in [3.8, 4) is 0 Å². The first-order chi connectivity index (χ1) is 6.77. The normalized spacial score (nSPS) is 10.6. The summed E-state index contributed by atoms with van der Waals surface area (Å²) >= 11 is 0. The zero-order valence-corrected chi connectivity index (χ0v) is 8.60. The highest BCUT2D eigenvalue weighted by molar-refractivity contribution is 5.73. The van der Waals surface area contributed by atoms with E-state index in [9.17, 15) is 9.59 Å². The number of nitrogens with two attached hydrogens (primary N) is 1. The molecule has 0 bridgehead atoms. The Hall–Kier alpha value is -1.63. The van der Waals surface area contributed by atoms with Gasteiger partial charge >= 0.3 is 11.9 Å². The molecule has 15 heavy (non-hydrogen) atoms. The standard InChI is InChI=1S/C6H11NO4.C2H4O2/c1-4(8)11-3-2-5(7)6(9)10;1-2(3)4/h5H,2-3,7H2,1H3,(H,9,10);1H3,(H,3,4)/t5-;/m0./s1. The smallest absolute Gasteiger partial charge is 0.320 e. The molecule has 0 aliphatic carbocycles. The van der Waals surface area contributed by atoms with Crippen LogP contribution >= 0.6 is 0 Å². The summed E-state index contributed by atoms with van der Waals surface area (Å²) in [5.41, 5.74) is 5.11. The summed E-state index contributed by atoms with van der Waals surface area (Å²) in [6, 6.07) is -0.950. The van der Waals surface area contributed by atoms with Crippen LogP contribution in [0.5, 0.6) is 0 Å². The molecule has 0 saturated carbocycles. The SMILES string of the molecule is CC(=O)O.CC(=O)OCC[C@H](N)C(=O)O. The number of carbonyl (C=O) groups excluding carboxylic acids is 1. The van der Waals surface area contributed by atoms with E-state index in [-0.39, 0.29) is 13.0 Å². The lowest BCUT2D eigenvalue weighted by Gasteiger charge is -2.04. The first-order valence-electron chi connectivity index (χ1n) is 4.08. The second kappa shape index (κ2) is 8.95. The molecule has 0 saturated heterocycles. The van der Waals surface area contributed by atoms with Gasteiger partial charge in [0, 0.05) is 20.3 Å². The lowest BCUT2D eigenvalue weighted by molar-refractivity contribution is -0.144. The number of rotatable bonds is 4. The molecule has 1 atom stereocenters. The molecule has 0 aromatic carbocycles. The highest BCUT2D eigenvalue weighted by Crippen LogP contribution is 1.89. The Kier molecular flexibility index (Phi) is 9.44. The van der Waals surface area contributed by atoms with Gasteiger partial charge in [-0.2, -0.15) is 0 Å². The van der Waals surface area contributed by atoms with Crippen LogP contribution in [0, 0.1) is 0 Å². The summed E-state index contributed by atoms with van der Waals surface area (Å²) in [6.07, 6.45) is 0.148. The molecule has 7 nitrogen and oxygen atoms in total. The van der Waals surface area contributed by atoms with Crippen LogP contribution < -0.4 is 5.73 Å². The van der Waals surface area contributed by atoms with Gasteiger partial charge in [0.25, 0.3) is 5.97 Å². The lowest BCUT2D eigenvalue weighted by Crippen LogP contribution is -2.31. The van der Waals surface area contributed by atoms with Crippen LogP contribution in [0.4, 0.5) is 0 Å². The van der Waals surface area contributed by atoms with Gasteiger partial charge < -0.3 is 20.7 Å². The van der Waals surface area contributed by atoms with E-state index in [1.165, 1.54) is 6.92 Å². The maximum absolute atomic E-state index is 10.2. The Bertz CT molecular complexity index is 223. The molecule has 0 spiro atoms. The van der Waals surface area contributed by atoms with Gasteiger partial charge in [-0.3, -0.25) is 14.4 Å². The second-order valence-electron chi connectivity index (χ2n) is 2.59. The van der Waals surface area contributed by atoms with Crippen molar-refractivity contribution >= 4 is 17.9 Å². The molecule has 0 aliphatic rings. The predicted octanol–water partition coefficient (Wildman–Crippen LogP) is -0.558. The average molecular weight is 221 g/mol. The zero-order chi connectivity index (χ0) is 12.4. The van der Waals surface area contributed by atoms with Crippen molar-refractivity contribution in [2.75, 3.05) is 6.61 Å². The Balaban J connectivity index is 0. The summed E-state index contributed by atoms with van der Waals surface area (Å²) in [5.74, 6) is -2.35. The lowest BCUT2D eigenvalue weighted by atomic mass is 10.2. The Morgan fingerprint density at radius 3 is 1.93 bits per heavy atom. The summed E-state index contributed by atoms with van der Waals surface area (Å²) < 4.78 is 4.48. The fraction of sp³-hybridized carbons (Fsp3) is 0.625. The highest BCUT2D eigenvalue weighted by Gasteiger charge is 2.10. The second-order valence-corrected chi connectivity index (χ2v) is 2.59. The fourth-order valence-electron chi connectivity index (χ4n) is 0.453. The van der Waals surface area contributed by atoms with E-state index >= 15 is 0 Å². The molecule has 0 aliphatic heterocycles. The maximum atomic E-state index is 10.2. The predicted molar refractivity (Wildman–Crippen MR) is 50.2 cm³/mol. The molecule has 0 unspecified atom stereocenters. The van der Waals surface area contributed by atoms with Crippen LogP contribution in [0.15, 0.2) is 0 Å². The summed E-state index contributed by atoms with van der Waals surface area (Å²) in [4.78, 5) is 29.3. The quantitative estimate of drug-likeness (QED) is 0.543. The van der Waals surface area contributed by atoms with Crippen molar-refractivity contribution in [2.45, 2.75) is 26.3 Å². The zero-order valence-electron chi connectivity index (χ0n) is 8.60. The van der Waals surface area contributed by atoms with E-state index in [1.807, 2.05) is 0 Å². The number of esters is 1. The first kappa shape index (κ1) is 15.8. The van der Waals surface area contributed by atoms with Crippen molar-refractivity contribution in [1.82, 2.24) is 0 Å². The van der Waals surface area contributed by atoms with Gasteiger partial charge in [0.2, 0.25) is 0 Å². The molecule has 0 rings (SSSR count). The van der Waals surface area contributed by atoms with Crippen LogP contribution in [-0.2, 0) is 19.1 Å².